The molecule has 0 spiro atoms. The molecule has 1 aromatic carbocycles. The van der Waals surface area contributed by atoms with Crippen LogP contribution in [-0.2, 0) is 10.0 Å². The summed E-state index contributed by atoms with van der Waals surface area (Å²) in [5.74, 6) is 22.4. The van der Waals surface area contributed by atoms with E-state index in [2.05, 4.69) is 47.4 Å². The molecule has 140 valence electrons. The number of sulfonamides is 1. The summed E-state index contributed by atoms with van der Waals surface area (Å²) in [5, 5.41) is 0. The zero-order valence-corrected chi connectivity index (χ0v) is 17.0. The van der Waals surface area contributed by atoms with Gasteiger partial charge < -0.3 is 0 Å². The lowest BCUT2D eigenvalue weighted by atomic mass is 10.2. The monoisotopic (exact) mass is 379 g/mol. The van der Waals surface area contributed by atoms with Gasteiger partial charge in [-0.1, -0.05) is 55.2 Å². The van der Waals surface area contributed by atoms with Crippen LogP contribution in [0.4, 0.5) is 0 Å². The van der Waals surface area contributed by atoms with Gasteiger partial charge in [0.25, 0.3) is 0 Å². The van der Waals surface area contributed by atoms with Crippen molar-refractivity contribution in [1.82, 2.24) is 4.31 Å². The molecule has 27 heavy (non-hydrogen) atoms. The molecule has 0 unspecified atom stereocenters. The van der Waals surface area contributed by atoms with Crippen molar-refractivity contribution in [3.05, 3.63) is 29.8 Å². The predicted octanol–water partition coefficient (Wildman–Crippen LogP) is 3.60. The van der Waals surface area contributed by atoms with E-state index in [1.807, 2.05) is 20.8 Å². The van der Waals surface area contributed by atoms with Gasteiger partial charge in [0.05, 0.1) is 18.0 Å². The Kier molecular flexibility index (Phi) is 10.5. The highest BCUT2D eigenvalue weighted by Gasteiger charge is 2.22. The van der Waals surface area contributed by atoms with Crippen molar-refractivity contribution in [3.8, 4) is 47.4 Å². The number of rotatable bonds is 6. The molecule has 0 saturated heterocycles. The molecule has 0 aliphatic carbocycles. The van der Waals surface area contributed by atoms with Gasteiger partial charge in [-0.25, -0.2) is 8.42 Å². The highest BCUT2D eigenvalue weighted by molar-refractivity contribution is 7.89. The SMILES string of the molecule is CCCC#CC#CCN(CC#CC#CCCC)S(=O)(=O)c1ccc(C)cc1. The van der Waals surface area contributed by atoms with Gasteiger partial charge in [0.1, 0.15) is 0 Å². The summed E-state index contributed by atoms with van der Waals surface area (Å²) in [4.78, 5) is 0.228. The number of benzene rings is 1. The Morgan fingerprint density at radius 2 is 1.22 bits per heavy atom. The van der Waals surface area contributed by atoms with Crippen LogP contribution < -0.4 is 0 Å². The minimum atomic E-state index is -3.68. The standard InChI is InChI=1S/C23H25NO2S/c1-4-6-8-10-12-14-20-24(21-15-13-11-9-7-5-2)27(25,26)23-18-16-22(3)17-19-23/h16-19H,4-7,20-21H2,1-3H3. The molecular weight excluding hydrogens is 354 g/mol. The number of hydrogen-bond donors (Lipinski definition) is 0. The Balaban J connectivity index is 3.00. The molecule has 0 aliphatic heterocycles. The van der Waals surface area contributed by atoms with Gasteiger partial charge >= 0.3 is 0 Å². The smallest absolute Gasteiger partial charge is 0.207 e. The summed E-state index contributed by atoms with van der Waals surface area (Å²) in [6.45, 7) is 6.07. The summed E-state index contributed by atoms with van der Waals surface area (Å²) >= 11 is 0. The van der Waals surface area contributed by atoms with Crippen molar-refractivity contribution in [3.63, 3.8) is 0 Å². The van der Waals surface area contributed by atoms with Crippen LogP contribution in [0.5, 0.6) is 0 Å². The Morgan fingerprint density at radius 3 is 1.67 bits per heavy atom. The third kappa shape index (κ3) is 8.53. The maximum absolute atomic E-state index is 12.9. The highest BCUT2D eigenvalue weighted by atomic mass is 32.2. The van der Waals surface area contributed by atoms with Crippen LogP contribution in [0.2, 0.25) is 0 Å². The normalized spacial score (nSPS) is 9.63. The Morgan fingerprint density at radius 1 is 0.778 bits per heavy atom. The Hall–Kier alpha value is -2.63. The second kappa shape index (κ2) is 12.7. The van der Waals surface area contributed by atoms with Gasteiger partial charge in [0.2, 0.25) is 10.0 Å². The molecule has 0 bridgehead atoms. The van der Waals surface area contributed by atoms with Gasteiger partial charge in [-0.3, -0.25) is 0 Å². The van der Waals surface area contributed by atoms with E-state index in [0.29, 0.717) is 0 Å². The van der Waals surface area contributed by atoms with E-state index in [4.69, 9.17) is 0 Å². The van der Waals surface area contributed by atoms with Crippen LogP contribution in [0.3, 0.4) is 0 Å². The Labute approximate surface area is 164 Å². The number of hydrogen-bond acceptors (Lipinski definition) is 2. The van der Waals surface area contributed by atoms with Crippen molar-refractivity contribution in [2.45, 2.75) is 51.3 Å². The zero-order valence-electron chi connectivity index (χ0n) is 16.2. The number of unbranched alkanes of at least 4 members (excludes halogenated alkanes) is 2. The molecule has 0 heterocycles. The van der Waals surface area contributed by atoms with Gasteiger partial charge in [-0.05, 0) is 55.6 Å². The molecule has 0 radical (unpaired) electrons. The van der Waals surface area contributed by atoms with Crippen LogP contribution in [0, 0.1) is 54.3 Å². The fourth-order valence-corrected chi connectivity index (χ4v) is 3.14. The number of aryl methyl sites for hydroxylation is 1. The molecule has 3 nitrogen and oxygen atoms in total. The first-order valence-electron chi connectivity index (χ1n) is 9.00. The fraction of sp³-hybridized carbons (Fsp3) is 0.391. The topological polar surface area (TPSA) is 37.4 Å². The van der Waals surface area contributed by atoms with E-state index in [1.54, 1.807) is 24.3 Å². The average molecular weight is 380 g/mol. The molecule has 1 aromatic rings. The lowest BCUT2D eigenvalue weighted by Crippen LogP contribution is -2.32. The van der Waals surface area contributed by atoms with E-state index < -0.39 is 10.0 Å². The summed E-state index contributed by atoms with van der Waals surface area (Å²) in [7, 11) is -3.68. The summed E-state index contributed by atoms with van der Waals surface area (Å²) in [6, 6.07) is 6.74. The molecule has 1 rings (SSSR count). The Bertz CT molecular complexity index is 901. The van der Waals surface area contributed by atoms with Crippen molar-refractivity contribution in [2.24, 2.45) is 0 Å². The molecule has 0 N–H and O–H groups in total. The highest BCUT2D eigenvalue weighted by Crippen LogP contribution is 2.15. The quantitative estimate of drug-likeness (QED) is 0.708. The fourth-order valence-electron chi connectivity index (χ4n) is 1.89. The molecule has 0 aromatic heterocycles. The van der Waals surface area contributed by atoms with Gasteiger partial charge in [-0.15, -0.1) is 0 Å². The molecule has 0 amide bonds. The molecular formula is C23H25NO2S. The van der Waals surface area contributed by atoms with E-state index in [0.717, 1.165) is 31.2 Å². The second-order valence-corrected chi connectivity index (χ2v) is 7.73. The van der Waals surface area contributed by atoms with Gasteiger partial charge in [0, 0.05) is 12.8 Å². The van der Waals surface area contributed by atoms with Gasteiger partial charge in [0.15, 0.2) is 0 Å². The summed E-state index contributed by atoms with van der Waals surface area (Å²) in [6.07, 6.45) is 3.50. The van der Waals surface area contributed by atoms with Crippen LogP contribution in [0.15, 0.2) is 29.2 Å². The van der Waals surface area contributed by atoms with Crippen molar-refractivity contribution in [2.75, 3.05) is 13.1 Å². The maximum Gasteiger partial charge on any atom is 0.244 e. The summed E-state index contributed by atoms with van der Waals surface area (Å²) < 4.78 is 27.0. The lowest BCUT2D eigenvalue weighted by Gasteiger charge is -2.17. The summed E-state index contributed by atoms with van der Waals surface area (Å²) in [5.41, 5.74) is 0.998. The molecule has 0 fully saturated rings. The molecule has 0 aliphatic rings. The minimum Gasteiger partial charge on any atom is -0.207 e. The lowest BCUT2D eigenvalue weighted by molar-refractivity contribution is 0.482. The van der Waals surface area contributed by atoms with Crippen molar-refractivity contribution >= 4 is 10.0 Å². The third-order valence-corrected chi connectivity index (χ3v) is 5.20. The minimum absolute atomic E-state index is 0.0358. The average Bonchev–Trinajstić information content (AvgIpc) is 2.65. The van der Waals surface area contributed by atoms with Crippen LogP contribution in [0.25, 0.3) is 0 Å². The third-order valence-electron chi connectivity index (χ3n) is 3.40. The van der Waals surface area contributed by atoms with Crippen LogP contribution in [-0.4, -0.2) is 25.8 Å². The first-order chi connectivity index (χ1) is 13.0. The van der Waals surface area contributed by atoms with Crippen molar-refractivity contribution in [1.29, 1.82) is 0 Å². The largest absolute Gasteiger partial charge is 0.244 e. The molecule has 0 saturated carbocycles. The van der Waals surface area contributed by atoms with Crippen LogP contribution >= 0.6 is 0 Å². The molecule has 4 heteroatoms. The first-order valence-corrected chi connectivity index (χ1v) is 10.4. The van der Waals surface area contributed by atoms with Crippen LogP contribution in [0.1, 0.15) is 45.1 Å². The van der Waals surface area contributed by atoms with Crippen molar-refractivity contribution < 1.29 is 8.42 Å². The first kappa shape index (κ1) is 22.4. The predicted molar refractivity (Wildman–Crippen MR) is 111 cm³/mol. The van der Waals surface area contributed by atoms with E-state index in [-0.39, 0.29) is 18.0 Å². The maximum atomic E-state index is 12.9. The second-order valence-electron chi connectivity index (χ2n) is 5.79. The van der Waals surface area contributed by atoms with E-state index >= 15 is 0 Å². The number of nitrogens with zero attached hydrogens (tertiary/aromatic N) is 1. The van der Waals surface area contributed by atoms with Gasteiger partial charge in [-0.2, -0.15) is 4.31 Å². The zero-order chi connectivity index (χ0) is 20.0. The van der Waals surface area contributed by atoms with E-state index in [9.17, 15) is 8.42 Å². The van der Waals surface area contributed by atoms with E-state index in [1.165, 1.54) is 4.31 Å². The molecule has 0 atom stereocenters.